The number of nitrogens with zero attached hydrogens (tertiary/aromatic N) is 2. The van der Waals surface area contributed by atoms with E-state index in [2.05, 4.69) is 15.3 Å². The molecule has 3 N–H and O–H groups in total. The standard InChI is InChI=1S/C13H15ClN4S/c1-2-16-11-7-12(18-13(15)17-11)19-8-9-3-5-10(14)6-4-9/h3-7H,2,8H2,1H3,(H3,15,16,17,18). The fourth-order valence-corrected chi connectivity index (χ4v) is 2.51. The highest BCUT2D eigenvalue weighted by Gasteiger charge is 2.03. The van der Waals surface area contributed by atoms with Crippen molar-refractivity contribution >= 4 is 35.1 Å². The lowest BCUT2D eigenvalue weighted by atomic mass is 10.2. The van der Waals surface area contributed by atoms with Gasteiger partial charge in [0.1, 0.15) is 10.8 Å². The Morgan fingerprint density at radius 1 is 1.26 bits per heavy atom. The quantitative estimate of drug-likeness (QED) is 0.653. The van der Waals surface area contributed by atoms with E-state index in [1.54, 1.807) is 11.8 Å². The summed E-state index contributed by atoms with van der Waals surface area (Å²) >= 11 is 7.47. The molecule has 0 atom stereocenters. The number of nitrogens with two attached hydrogens (primary N) is 1. The number of hydrogen-bond donors (Lipinski definition) is 2. The Balaban J connectivity index is 2.04. The molecule has 0 bridgehead atoms. The fourth-order valence-electron chi connectivity index (χ4n) is 1.53. The Bertz CT molecular complexity index is 545. The van der Waals surface area contributed by atoms with Crippen molar-refractivity contribution in [1.29, 1.82) is 0 Å². The smallest absolute Gasteiger partial charge is 0.223 e. The minimum absolute atomic E-state index is 0.289. The summed E-state index contributed by atoms with van der Waals surface area (Å²) in [4.78, 5) is 8.33. The van der Waals surface area contributed by atoms with Crippen molar-refractivity contribution in [1.82, 2.24) is 9.97 Å². The lowest BCUT2D eigenvalue weighted by Gasteiger charge is -2.06. The van der Waals surface area contributed by atoms with Crippen LogP contribution in [0.25, 0.3) is 0 Å². The topological polar surface area (TPSA) is 63.8 Å². The number of nitrogen functional groups attached to an aromatic ring is 1. The van der Waals surface area contributed by atoms with Crippen molar-refractivity contribution in [3.63, 3.8) is 0 Å². The lowest BCUT2D eigenvalue weighted by Crippen LogP contribution is -2.03. The molecular weight excluding hydrogens is 280 g/mol. The normalized spacial score (nSPS) is 10.4. The van der Waals surface area contributed by atoms with Gasteiger partial charge in [-0.2, -0.15) is 4.98 Å². The number of hydrogen-bond acceptors (Lipinski definition) is 5. The summed E-state index contributed by atoms with van der Waals surface area (Å²) in [6.45, 7) is 2.82. The molecule has 6 heteroatoms. The zero-order valence-corrected chi connectivity index (χ0v) is 12.1. The average Bonchev–Trinajstić information content (AvgIpc) is 2.38. The summed E-state index contributed by atoms with van der Waals surface area (Å²) in [6, 6.07) is 9.68. The molecule has 100 valence electrons. The monoisotopic (exact) mass is 294 g/mol. The molecule has 0 saturated heterocycles. The maximum atomic E-state index is 5.85. The van der Waals surface area contributed by atoms with Crippen molar-refractivity contribution in [3.05, 3.63) is 40.9 Å². The Morgan fingerprint density at radius 2 is 2.00 bits per heavy atom. The van der Waals surface area contributed by atoms with Crippen molar-refractivity contribution in [2.75, 3.05) is 17.6 Å². The summed E-state index contributed by atoms with van der Waals surface area (Å²) in [5.74, 6) is 1.87. The van der Waals surface area contributed by atoms with E-state index in [1.807, 2.05) is 37.3 Å². The minimum atomic E-state index is 0.289. The fraction of sp³-hybridized carbons (Fsp3) is 0.231. The molecule has 0 unspecified atom stereocenters. The molecule has 0 aliphatic carbocycles. The third-order valence-corrected chi connectivity index (χ3v) is 3.61. The zero-order chi connectivity index (χ0) is 13.7. The molecule has 0 spiro atoms. The van der Waals surface area contributed by atoms with Gasteiger partial charge >= 0.3 is 0 Å². The maximum Gasteiger partial charge on any atom is 0.223 e. The Hall–Kier alpha value is -1.46. The van der Waals surface area contributed by atoms with E-state index in [0.717, 1.165) is 28.2 Å². The van der Waals surface area contributed by atoms with Gasteiger partial charge in [0.2, 0.25) is 5.95 Å². The maximum absolute atomic E-state index is 5.85. The van der Waals surface area contributed by atoms with E-state index in [-0.39, 0.29) is 5.95 Å². The van der Waals surface area contributed by atoms with Crippen molar-refractivity contribution < 1.29 is 0 Å². The molecule has 0 amide bonds. The van der Waals surface area contributed by atoms with Crippen LogP contribution in [-0.4, -0.2) is 16.5 Å². The van der Waals surface area contributed by atoms with E-state index in [0.29, 0.717) is 0 Å². The van der Waals surface area contributed by atoms with Gasteiger partial charge in [-0.15, -0.1) is 11.8 Å². The molecule has 0 aliphatic heterocycles. The predicted octanol–water partition coefficient (Wildman–Crippen LogP) is 3.44. The van der Waals surface area contributed by atoms with Gasteiger partial charge in [-0.3, -0.25) is 0 Å². The molecule has 0 radical (unpaired) electrons. The first kappa shape index (κ1) is 14.0. The first-order valence-corrected chi connectivity index (χ1v) is 7.29. The summed E-state index contributed by atoms with van der Waals surface area (Å²) in [5.41, 5.74) is 6.88. The van der Waals surface area contributed by atoms with Gasteiger partial charge in [0, 0.05) is 23.4 Å². The van der Waals surface area contributed by atoms with Gasteiger partial charge in [-0.25, -0.2) is 4.98 Å². The second kappa shape index (κ2) is 6.63. The highest BCUT2D eigenvalue weighted by molar-refractivity contribution is 7.98. The Labute approximate surface area is 121 Å². The number of halogens is 1. The van der Waals surface area contributed by atoms with E-state index in [4.69, 9.17) is 17.3 Å². The largest absolute Gasteiger partial charge is 0.370 e. The predicted molar refractivity (Wildman–Crippen MR) is 81.6 cm³/mol. The number of rotatable bonds is 5. The second-order valence-corrected chi connectivity index (χ2v) is 5.33. The third kappa shape index (κ3) is 4.29. The van der Waals surface area contributed by atoms with Crippen LogP contribution in [-0.2, 0) is 5.75 Å². The molecule has 0 saturated carbocycles. The molecule has 1 heterocycles. The first-order valence-electron chi connectivity index (χ1n) is 5.93. The summed E-state index contributed by atoms with van der Waals surface area (Å²) in [5, 5.41) is 4.74. The van der Waals surface area contributed by atoms with Gasteiger partial charge in [-0.05, 0) is 24.6 Å². The minimum Gasteiger partial charge on any atom is -0.370 e. The summed E-state index contributed by atoms with van der Waals surface area (Å²) in [6.07, 6.45) is 0. The van der Waals surface area contributed by atoms with Gasteiger partial charge in [0.25, 0.3) is 0 Å². The molecule has 2 rings (SSSR count). The lowest BCUT2D eigenvalue weighted by molar-refractivity contribution is 1.04. The summed E-state index contributed by atoms with van der Waals surface area (Å²) < 4.78 is 0. The highest BCUT2D eigenvalue weighted by atomic mass is 35.5. The average molecular weight is 295 g/mol. The molecule has 0 fully saturated rings. The highest BCUT2D eigenvalue weighted by Crippen LogP contribution is 2.24. The zero-order valence-electron chi connectivity index (χ0n) is 10.6. The van der Waals surface area contributed by atoms with Crippen LogP contribution < -0.4 is 11.1 Å². The molecule has 0 aliphatic rings. The van der Waals surface area contributed by atoms with E-state index >= 15 is 0 Å². The van der Waals surface area contributed by atoms with Crippen molar-refractivity contribution in [2.45, 2.75) is 17.7 Å². The Kier molecular flexibility index (Phi) is 4.87. The van der Waals surface area contributed by atoms with Crippen LogP contribution in [0, 0.1) is 0 Å². The van der Waals surface area contributed by atoms with Gasteiger partial charge in [0.15, 0.2) is 0 Å². The Morgan fingerprint density at radius 3 is 2.68 bits per heavy atom. The van der Waals surface area contributed by atoms with Crippen LogP contribution in [0.3, 0.4) is 0 Å². The third-order valence-electron chi connectivity index (χ3n) is 2.38. The molecule has 19 heavy (non-hydrogen) atoms. The van der Waals surface area contributed by atoms with Gasteiger partial charge in [-0.1, -0.05) is 23.7 Å². The molecule has 4 nitrogen and oxygen atoms in total. The molecule has 2 aromatic rings. The van der Waals surface area contributed by atoms with Gasteiger partial charge in [0.05, 0.1) is 0 Å². The number of thioether (sulfide) groups is 1. The number of aromatic nitrogens is 2. The van der Waals surface area contributed by atoms with E-state index in [1.165, 1.54) is 5.56 Å². The SMILES string of the molecule is CCNc1cc(SCc2ccc(Cl)cc2)nc(N)n1. The first-order chi connectivity index (χ1) is 9.17. The van der Waals surface area contributed by atoms with Gasteiger partial charge < -0.3 is 11.1 Å². The number of nitrogens with one attached hydrogen (secondary N) is 1. The van der Waals surface area contributed by atoms with Crippen LogP contribution in [0.5, 0.6) is 0 Å². The molecule has 1 aromatic heterocycles. The second-order valence-electron chi connectivity index (χ2n) is 3.90. The van der Waals surface area contributed by atoms with Crippen LogP contribution in [0.15, 0.2) is 35.4 Å². The number of anilines is 2. The van der Waals surface area contributed by atoms with Crippen LogP contribution in [0.4, 0.5) is 11.8 Å². The van der Waals surface area contributed by atoms with E-state index in [9.17, 15) is 0 Å². The molecule has 1 aromatic carbocycles. The van der Waals surface area contributed by atoms with E-state index < -0.39 is 0 Å². The van der Waals surface area contributed by atoms with Crippen LogP contribution in [0.1, 0.15) is 12.5 Å². The van der Waals surface area contributed by atoms with Crippen molar-refractivity contribution in [3.8, 4) is 0 Å². The molecular formula is C13H15ClN4S. The van der Waals surface area contributed by atoms with Crippen LogP contribution >= 0.6 is 23.4 Å². The summed E-state index contributed by atoms with van der Waals surface area (Å²) in [7, 11) is 0. The van der Waals surface area contributed by atoms with Crippen LogP contribution in [0.2, 0.25) is 5.02 Å². The van der Waals surface area contributed by atoms with Crippen molar-refractivity contribution in [2.24, 2.45) is 0 Å². The number of benzene rings is 1.